The van der Waals surface area contributed by atoms with Gasteiger partial charge in [-0.25, -0.2) is 13.1 Å². The van der Waals surface area contributed by atoms with Crippen LogP contribution in [0, 0.1) is 12.3 Å². The van der Waals surface area contributed by atoms with Crippen molar-refractivity contribution in [3.63, 3.8) is 0 Å². The van der Waals surface area contributed by atoms with E-state index >= 15 is 0 Å². The lowest BCUT2D eigenvalue weighted by Gasteiger charge is -2.38. The molecule has 1 aliphatic carbocycles. The minimum absolute atomic E-state index is 0.0464. The maximum atomic E-state index is 12.7. The summed E-state index contributed by atoms with van der Waals surface area (Å²) >= 11 is 0. The van der Waals surface area contributed by atoms with Crippen LogP contribution in [0.15, 0.2) is 29.2 Å². The van der Waals surface area contributed by atoms with Crippen molar-refractivity contribution in [1.29, 1.82) is 0 Å². The van der Waals surface area contributed by atoms with E-state index in [4.69, 9.17) is 0 Å². The number of hydrogen-bond donors (Lipinski definition) is 2. The third kappa shape index (κ3) is 5.04. The fraction of sp³-hybridized carbons (Fsp3) is 0.684. The van der Waals surface area contributed by atoms with Gasteiger partial charge in [-0.05, 0) is 44.2 Å². The van der Waals surface area contributed by atoms with Crippen LogP contribution in [0.4, 0.5) is 0 Å². The first-order valence-electron chi connectivity index (χ1n) is 8.94. The molecule has 0 aliphatic heterocycles. The molecule has 3 atom stereocenters. The lowest BCUT2D eigenvalue weighted by Crippen LogP contribution is -2.55. The first-order chi connectivity index (χ1) is 11.1. The molecule has 24 heavy (non-hydrogen) atoms. The molecule has 2 rings (SSSR count). The summed E-state index contributed by atoms with van der Waals surface area (Å²) in [5.74, 6) is 0. The Balaban J connectivity index is 2.11. The van der Waals surface area contributed by atoms with Crippen molar-refractivity contribution in [2.45, 2.75) is 83.3 Å². The van der Waals surface area contributed by atoms with Gasteiger partial charge in [-0.2, -0.15) is 0 Å². The number of nitrogens with one attached hydrogen (secondary N) is 2. The van der Waals surface area contributed by atoms with Crippen molar-refractivity contribution in [3.05, 3.63) is 29.8 Å². The zero-order chi connectivity index (χ0) is 18.0. The standard InChI is InChI=1S/C19H32N2O2S/c1-14-10-12-16(13-11-14)24(22,23)21-18-9-7-6-8-17(18)20-15(2)19(3,4)5/h10-13,15,17-18,20-21H,6-9H2,1-5H3/t15-,17+,18+/m1/s1. The van der Waals surface area contributed by atoms with Gasteiger partial charge in [0.25, 0.3) is 0 Å². The zero-order valence-corrected chi connectivity index (χ0v) is 16.4. The maximum absolute atomic E-state index is 12.7. The molecular weight excluding hydrogens is 320 g/mol. The lowest BCUT2D eigenvalue weighted by atomic mass is 9.84. The van der Waals surface area contributed by atoms with Crippen LogP contribution in [0.3, 0.4) is 0 Å². The Morgan fingerprint density at radius 3 is 2.12 bits per heavy atom. The Kier molecular flexibility index (Phi) is 6.10. The van der Waals surface area contributed by atoms with Gasteiger partial charge in [-0.3, -0.25) is 0 Å². The van der Waals surface area contributed by atoms with Gasteiger partial charge in [-0.15, -0.1) is 0 Å². The van der Waals surface area contributed by atoms with Gasteiger partial charge in [-0.1, -0.05) is 51.3 Å². The molecule has 1 fully saturated rings. The Bertz CT molecular complexity index is 632. The van der Waals surface area contributed by atoms with Gasteiger partial charge in [0, 0.05) is 18.1 Å². The normalized spacial score (nSPS) is 23.9. The molecule has 0 heterocycles. The molecule has 1 saturated carbocycles. The van der Waals surface area contributed by atoms with E-state index in [-0.39, 0.29) is 17.5 Å². The third-order valence-corrected chi connectivity index (χ3v) is 6.67. The van der Waals surface area contributed by atoms with Crippen LogP contribution in [-0.4, -0.2) is 26.5 Å². The van der Waals surface area contributed by atoms with Crippen molar-refractivity contribution in [3.8, 4) is 0 Å². The van der Waals surface area contributed by atoms with Crippen LogP contribution < -0.4 is 10.0 Å². The van der Waals surface area contributed by atoms with E-state index in [2.05, 4.69) is 37.7 Å². The van der Waals surface area contributed by atoms with Crippen LogP contribution in [0.2, 0.25) is 0 Å². The zero-order valence-electron chi connectivity index (χ0n) is 15.6. The summed E-state index contributed by atoms with van der Waals surface area (Å²) in [5, 5.41) is 3.67. The number of aryl methyl sites for hydroxylation is 1. The molecule has 0 radical (unpaired) electrons. The summed E-state index contributed by atoms with van der Waals surface area (Å²) in [7, 11) is -3.47. The SMILES string of the molecule is Cc1ccc(S(=O)(=O)N[C@H]2CCCC[C@@H]2N[C@H](C)C(C)(C)C)cc1. The third-order valence-electron chi connectivity index (χ3n) is 5.17. The van der Waals surface area contributed by atoms with E-state index in [1.54, 1.807) is 12.1 Å². The molecule has 2 N–H and O–H groups in total. The molecule has 1 aromatic rings. The molecule has 0 spiro atoms. The smallest absolute Gasteiger partial charge is 0.240 e. The topological polar surface area (TPSA) is 58.2 Å². The molecule has 0 unspecified atom stereocenters. The highest BCUT2D eigenvalue weighted by Gasteiger charge is 2.32. The van der Waals surface area contributed by atoms with Crippen LogP contribution in [0.1, 0.15) is 58.9 Å². The molecule has 4 nitrogen and oxygen atoms in total. The van der Waals surface area contributed by atoms with E-state index < -0.39 is 10.0 Å². The molecular formula is C19H32N2O2S. The second-order valence-electron chi connectivity index (χ2n) is 8.19. The van der Waals surface area contributed by atoms with E-state index in [1.807, 2.05) is 19.1 Å². The first kappa shape index (κ1) is 19.4. The maximum Gasteiger partial charge on any atom is 0.240 e. The monoisotopic (exact) mass is 352 g/mol. The second-order valence-corrected chi connectivity index (χ2v) is 9.90. The van der Waals surface area contributed by atoms with Gasteiger partial charge >= 0.3 is 0 Å². The summed E-state index contributed by atoms with van der Waals surface area (Å²) in [6, 6.07) is 7.51. The highest BCUT2D eigenvalue weighted by molar-refractivity contribution is 7.89. The molecule has 1 aromatic carbocycles. The molecule has 1 aliphatic rings. The van der Waals surface area contributed by atoms with Crippen LogP contribution in [0.5, 0.6) is 0 Å². The molecule has 5 heteroatoms. The minimum Gasteiger partial charge on any atom is -0.309 e. The van der Waals surface area contributed by atoms with Crippen molar-refractivity contribution < 1.29 is 8.42 Å². The van der Waals surface area contributed by atoms with E-state index in [0.29, 0.717) is 10.9 Å². The molecule has 0 saturated heterocycles. The quantitative estimate of drug-likeness (QED) is 0.851. The van der Waals surface area contributed by atoms with Crippen molar-refractivity contribution in [1.82, 2.24) is 10.0 Å². The van der Waals surface area contributed by atoms with Gasteiger partial charge < -0.3 is 5.32 Å². The number of sulfonamides is 1. The van der Waals surface area contributed by atoms with Crippen molar-refractivity contribution in [2.75, 3.05) is 0 Å². The van der Waals surface area contributed by atoms with Crippen LogP contribution in [-0.2, 0) is 10.0 Å². The summed E-state index contributed by atoms with van der Waals surface area (Å²) in [6.07, 6.45) is 4.13. The molecule has 0 aromatic heterocycles. The van der Waals surface area contributed by atoms with Gasteiger partial charge in [0.15, 0.2) is 0 Å². The fourth-order valence-electron chi connectivity index (χ4n) is 3.03. The van der Waals surface area contributed by atoms with Gasteiger partial charge in [0.05, 0.1) is 4.90 Å². The van der Waals surface area contributed by atoms with Crippen molar-refractivity contribution >= 4 is 10.0 Å². The van der Waals surface area contributed by atoms with Gasteiger partial charge in [0.1, 0.15) is 0 Å². The van der Waals surface area contributed by atoms with E-state index in [0.717, 1.165) is 31.2 Å². The Morgan fingerprint density at radius 1 is 1.04 bits per heavy atom. The average molecular weight is 353 g/mol. The molecule has 136 valence electrons. The Hall–Kier alpha value is -0.910. The average Bonchev–Trinajstić information content (AvgIpc) is 2.48. The van der Waals surface area contributed by atoms with Crippen LogP contribution >= 0.6 is 0 Å². The number of hydrogen-bond acceptors (Lipinski definition) is 3. The summed E-state index contributed by atoms with van der Waals surface area (Å²) in [5.41, 5.74) is 1.21. The van der Waals surface area contributed by atoms with Crippen molar-refractivity contribution in [2.24, 2.45) is 5.41 Å². The number of rotatable bonds is 5. The molecule has 0 amide bonds. The Morgan fingerprint density at radius 2 is 1.58 bits per heavy atom. The van der Waals surface area contributed by atoms with Crippen LogP contribution in [0.25, 0.3) is 0 Å². The lowest BCUT2D eigenvalue weighted by molar-refractivity contribution is 0.217. The summed E-state index contributed by atoms with van der Waals surface area (Å²) in [4.78, 5) is 0.348. The first-order valence-corrected chi connectivity index (χ1v) is 10.4. The Labute approximate surface area is 147 Å². The van der Waals surface area contributed by atoms with E-state index in [9.17, 15) is 8.42 Å². The van der Waals surface area contributed by atoms with Gasteiger partial charge in [0.2, 0.25) is 10.0 Å². The highest BCUT2D eigenvalue weighted by atomic mass is 32.2. The predicted molar refractivity (Wildman–Crippen MR) is 99.6 cm³/mol. The second kappa shape index (κ2) is 7.54. The largest absolute Gasteiger partial charge is 0.309 e. The number of benzene rings is 1. The minimum atomic E-state index is -3.47. The highest BCUT2D eigenvalue weighted by Crippen LogP contribution is 2.25. The predicted octanol–water partition coefficient (Wildman–Crippen LogP) is 3.61. The fourth-order valence-corrected chi connectivity index (χ4v) is 4.34. The molecule has 0 bridgehead atoms. The van der Waals surface area contributed by atoms with E-state index in [1.165, 1.54) is 0 Å². The summed E-state index contributed by atoms with van der Waals surface area (Å²) in [6.45, 7) is 10.8. The summed E-state index contributed by atoms with van der Waals surface area (Å²) < 4.78 is 28.3.